The second-order valence-electron chi connectivity index (χ2n) is 3.91. The Kier molecular flexibility index (Phi) is 4.14. The quantitative estimate of drug-likeness (QED) is 0.630. The molecule has 0 aliphatic heterocycles. The van der Waals surface area contributed by atoms with Crippen molar-refractivity contribution in [2.75, 3.05) is 0 Å². The van der Waals surface area contributed by atoms with Crippen LogP contribution in [0.4, 0.5) is 14.5 Å². The van der Waals surface area contributed by atoms with Crippen molar-refractivity contribution in [3.8, 4) is 5.75 Å². The van der Waals surface area contributed by atoms with Gasteiger partial charge in [0.05, 0.1) is 4.92 Å². The highest BCUT2D eigenvalue weighted by Gasteiger charge is 2.13. The third-order valence-corrected chi connectivity index (χ3v) is 2.82. The smallest absolute Gasteiger partial charge is 0.288 e. The minimum Gasteiger partial charge on any atom is -0.489 e. The molecule has 0 saturated carbocycles. The Morgan fingerprint density at radius 1 is 1.15 bits per heavy atom. The maximum Gasteiger partial charge on any atom is 0.288 e. The van der Waals surface area contributed by atoms with E-state index in [0.29, 0.717) is 5.56 Å². The first-order chi connectivity index (χ1) is 9.47. The van der Waals surface area contributed by atoms with Crippen LogP contribution in [0.5, 0.6) is 5.75 Å². The van der Waals surface area contributed by atoms with Gasteiger partial charge in [-0.25, -0.2) is 8.78 Å². The molecule has 2 aromatic rings. The fraction of sp³-hybridized carbons (Fsp3) is 0.0769. The molecule has 2 aromatic carbocycles. The van der Waals surface area contributed by atoms with Crippen LogP contribution in [-0.4, -0.2) is 4.92 Å². The van der Waals surface area contributed by atoms with E-state index in [2.05, 4.69) is 0 Å². The highest BCUT2D eigenvalue weighted by Crippen LogP contribution is 2.26. The summed E-state index contributed by atoms with van der Waals surface area (Å²) in [5.41, 5.74) is 0.254. The lowest BCUT2D eigenvalue weighted by Gasteiger charge is -2.07. The fourth-order valence-electron chi connectivity index (χ4n) is 1.52. The van der Waals surface area contributed by atoms with Gasteiger partial charge in [-0.1, -0.05) is 17.7 Å². The molecule has 0 atom stereocenters. The van der Waals surface area contributed by atoms with Crippen molar-refractivity contribution >= 4 is 17.3 Å². The molecule has 0 bridgehead atoms. The van der Waals surface area contributed by atoms with E-state index < -0.39 is 16.6 Å². The molecule has 20 heavy (non-hydrogen) atoms. The molecule has 2 rings (SSSR count). The lowest BCUT2D eigenvalue weighted by Crippen LogP contribution is -1.98. The summed E-state index contributed by atoms with van der Waals surface area (Å²) >= 11 is 5.67. The van der Waals surface area contributed by atoms with Crippen LogP contribution >= 0.6 is 11.6 Å². The van der Waals surface area contributed by atoms with Gasteiger partial charge in [0, 0.05) is 12.1 Å². The van der Waals surface area contributed by atoms with Crippen molar-refractivity contribution in [3.05, 3.63) is 68.7 Å². The molecule has 0 aromatic heterocycles. The molecule has 0 aliphatic carbocycles. The average molecular weight is 300 g/mol. The predicted molar refractivity (Wildman–Crippen MR) is 68.8 cm³/mol. The summed E-state index contributed by atoms with van der Waals surface area (Å²) in [7, 11) is 0. The number of nitrogens with zero attached hydrogens (tertiary/aromatic N) is 1. The Morgan fingerprint density at radius 3 is 2.55 bits per heavy atom. The zero-order chi connectivity index (χ0) is 14.7. The zero-order valence-electron chi connectivity index (χ0n) is 9.98. The van der Waals surface area contributed by atoms with E-state index in [-0.39, 0.29) is 23.1 Å². The van der Waals surface area contributed by atoms with Gasteiger partial charge in [-0.15, -0.1) is 0 Å². The van der Waals surface area contributed by atoms with E-state index in [4.69, 9.17) is 16.3 Å². The molecule has 0 saturated heterocycles. The SMILES string of the molecule is O=[N+]([O-])c1cc(COc2ccc(F)c(F)c2)ccc1Cl. The summed E-state index contributed by atoms with van der Waals surface area (Å²) in [6.45, 7) is -0.0247. The number of hydrogen-bond donors (Lipinski definition) is 0. The molecule has 0 radical (unpaired) electrons. The number of hydrogen-bond acceptors (Lipinski definition) is 3. The lowest BCUT2D eigenvalue weighted by atomic mass is 10.2. The second kappa shape index (κ2) is 5.83. The largest absolute Gasteiger partial charge is 0.489 e. The third-order valence-electron chi connectivity index (χ3n) is 2.50. The van der Waals surface area contributed by atoms with E-state index in [1.807, 2.05) is 0 Å². The van der Waals surface area contributed by atoms with Crippen LogP contribution in [0.3, 0.4) is 0 Å². The first-order valence-electron chi connectivity index (χ1n) is 5.48. The maximum absolute atomic E-state index is 13.0. The van der Waals surface area contributed by atoms with Gasteiger partial charge in [-0.05, 0) is 23.8 Å². The molecule has 104 valence electrons. The van der Waals surface area contributed by atoms with Crippen LogP contribution in [0.25, 0.3) is 0 Å². The van der Waals surface area contributed by atoms with Crippen LogP contribution in [-0.2, 0) is 6.61 Å². The second-order valence-corrected chi connectivity index (χ2v) is 4.31. The van der Waals surface area contributed by atoms with Crippen molar-refractivity contribution < 1.29 is 18.4 Å². The van der Waals surface area contributed by atoms with Gasteiger partial charge in [0.1, 0.15) is 17.4 Å². The Hall–Kier alpha value is -2.21. The normalized spacial score (nSPS) is 10.3. The van der Waals surface area contributed by atoms with Crippen LogP contribution in [0.15, 0.2) is 36.4 Å². The summed E-state index contributed by atoms with van der Waals surface area (Å²) in [4.78, 5) is 10.1. The number of nitro benzene ring substituents is 1. The zero-order valence-corrected chi connectivity index (χ0v) is 10.7. The van der Waals surface area contributed by atoms with Crippen LogP contribution in [0.2, 0.25) is 5.02 Å². The molecule has 0 heterocycles. The van der Waals surface area contributed by atoms with Gasteiger partial charge < -0.3 is 4.74 Å². The Balaban J connectivity index is 2.12. The predicted octanol–water partition coefficient (Wildman–Crippen LogP) is 4.11. The summed E-state index contributed by atoms with van der Waals surface area (Å²) in [6, 6.07) is 7.30. The minimum absolute atomic E-state index is 0.0200. The third kappa shape index (κ3) is 3.21. The molecule has 0 aliphatic rings. The van der Waals surface area contributed by atoms with Crippen LogP contribution in [0, 0.1) is 21.7 Å². The number of ether oxygens (including phenoxy) is 1. The maximum atomic E-state index is 13.0. The molecule has 0 unspecified atom stereocenters. The van der Waals surface area contributed by atoms with Gasteiger partial charge in [0.2, 0.25) is 0 Å². The standard InChI is InChI=1S/C13H8ClF2NO3/c14-10-3-1-8(5-13(10)17(18)19)7-20-9-2-4-11(15)12(16)6-9/h1-6H,7H2. The van der Waals surface area contributed by atoms with E-state index >= 15 is 0 Å². The molecule has 7 heteroatoms. The number of rotatable bonds is 4. The van der Waals surface area contributed by atoms with E-state index in [1.54, 1.807) is 6.07 Å². The van der Waals surface area contributed by atoms with Gasteiger partial charge in [-0.3, -0.25) is 10.1 Å². The summed E-state index contributed by atoms with van der Waals surface area (Å²) < 4.78 is 30.9. The van der Waals surface area contributed by atoms with Crippen molar-refractivity contribution in [3.63, 3.8) is 0 Å². The number of halogens is 3. The lowest BCUT2D eigenvalue weighted by molar-refractivity contribution is -0.384. The van der Waals surface area contributed by atoms with E-state index in [0.717, 1.165) is 12.1 Å². The average Bonchev–Trinajstić information content (AvgIpc) is 2.41. The van der Waals surface area contributed by atoms with E-state index in [1.165, 1.54) is 18.2 Å². The minimum atomic E-state index is -1.02. The van der Waals surface area contributed by atoms with Gasteiger partial charge in [0.15, 0.2) is 11.6 Å². The van der Waals surface area contributed by atoms with Crippen LogP contribution in [0.1, 0.15) is 5.56 Å². The summed E-state index contributed by atoms with van der Waals surface area (Å²) in [5.74, 6) is -1.87. The Labute approximate surface area is 117 Å². The first-order valence-corrected chi connectivity index (χ1v) is 5.86. The van der Waals surface area contributed by atoms with Crippen molar-refractivity contribution in [2.24, 2.45) is 0 Å². The molecule has 0 N–H and O–H groups in total. The summed E-state index contributed by atoms with van der Waals surface area (Å²) in [6.07, 6.45) is 0. The molecule has 0 fully saturated rings. The van der Waals surface area contributed by atoms with Crippen molar-refractivity contribution in [1.29, 1.82) is 0 Å². The van der Waals surface area contributed by atoms with Gasteiger partial charge >= 0.3 is 0 Å². The first kappa shape index (κ1) is 14.2. The molecular formula is C13H8ClF2NO3. The fourth-order valence-corrected chi connectivity index (χ4v) is 1.71. The van der Waals surface area contributed by atoms with Crippen LogP contribution < -0.4 is 4.74 Å². The topological polar surface area (TPSA) is 52.4 Å². The van der Waals surface area contributed by atoms with Crippen molar-refractivity contribution in [1.82, 2.24) is 0 Å². The van der Waals surface area contributed by atoms with Crippen molar-refractivity contribution in [2.45, 2.75) is 6.61 Å². The highest BCUT2D eigenvalue weighted by atomic mass is 35.5. The Morgan fingerprint density at radius 2 is 1.90 bits per heavy atom. The molecule has 0 amide bonds. The summed E-state index contributed by atoms with van der Waals surface area (Å²) in [5, 5.41) is 10.7. The Bertz CT molecular complexity index is 664. The molecule has 0 spiro atoms. The number of nitro groups is 1. The number of benzene rings is 2. The van der Waals surface area contributed by atoms with Gasteiger partial charge in [-0.2, -0.15) is 0 Å². The molecular weight excluding hydrogens is 292 g/mol. The highest BCUT2D eigenvalue weighted by molar-refractivity contribution is 6.32. The van der Waals surface area contributed by atoms with Gasteiger partial charge in [0.25, 0.3) is 5.69 Å². The molecule has 4 nitrogen and oxygen atoms in total. The monoisotopic (exact) mass is 299 g/mol. The van der Waals surface area contributed by atoms with E-state index in [9.17, 15) is 18.9 Å².